The third-order valence-electron chi connectivity index (χ3n) is 7.41. The van der Waals surface area contributed by atoms with Crippen LogP contribution in [-0.4, -0.2) is 75.9 Å². The third kappa shape index (κ3) is 7.97. The Hall–Kier alpha value is -3.18. The Labute approximate surface area is 240 Å². The maximum atomic E-state index is 13.7. The minimum Gasteiger partial charge on any atom is -0.476 e. The van der Waals surface area contributed by atoms with E-state index < -0.39 is 12.0 Å². The molecule has 1 aliphatic carbocycles. The van der Waals surface area contributed by atoms with Gasteiger partial charge in [0.25, 0.3) is 5.82 Å². The SMILES string of the molecule is CC.Cc1cc(OCCN(C)C)nc(-n2nc(C(F)(F)F)nc2Nc2ccc3c(c2)CCC(N2CCCC2)CC3)c1. The molecule has 1 fully saturated rings. The first-order chi connectivity index (χ1) is 19.7. The summed E-state index contributed by atoms with van der Waals surface area (Å²) in [6.45, 7) is 9.27. The van der Waals surface area contributed by atoms with Crippen molar-refractivity contribution >= 4 is 11.6 Å². The van der Waals surface area contributed by atoms with Crippen molar-refractivity contribution in [2.24, 2.45) is 0 Å². The zero-order valence-corrected chi connectivity index (χ0v) is 24.8. The van der Waals surface area contributed by atoms with Crippen LogP contribution in [0.3, 0.4) is 0 Å². The molecule has 1 aliphatic heterocycles. The van der Waals surface area contributed by atoms with E-state index in [2.05, 4.69) is 31.3 Å². The lowest BCUT2D eigenvalue weighted by Crippen LogP contribution is -2.32. The molecule has 0 amide bonds. The Morgan fingerprint density at radius 1 is 1.00 bits per heavy atom. The molecular weight excluding hydrogens is 531 g/mol. The van der Waals surface area contributed by atoms with E-state index >= 15 is 0 Å². The molecule has 1 N–H and O–H groups in total. The normalized spacial score (nSPS) is 17.5. The number of benzene rings is 1. The quantitative estimate of drug-likeness (QED) is 0.329. The average molecular weight is 574 g/mol. The molecule has 2 aromatic heterocycles. The molecule has 3 heterocycles. The number of aromatic nitrogens is 4. The number of likely N-dealkylation sites (N-methyl/N-ethyl adjacent to an activating group) is 1. The van der Waals surface area contributed by atoms with Crippen LogP contribution in [0.1, 0.15) is 62.0 Å². The van der Waals surface area contributed by atoms with Crippen LogP contribution >= 0.6 is 0 Å². The summed E-state index contributed by atoms with van der Waals surface area (Å²) in [5.41, 5.74) is 3.99. The summed E-state index contributed by atoms with van der Waals surface area (Å²) in [7, 11) is 3.86. The Kier molecular flexibility index (Phi) is 10.2. The molecule has 0 radical (unpaired) electrons. The van der Waals surface area contributed by atoms with E-state index in [4.69, 9.17) is 4.74 Å². The molecule has 5 rings (SSSR count). The highest BCUT2D eigenvalue weighted by atomic mass is 19.4. The number of rotatable bonds is 8. The van der Waals surface area contributed by atoms with Crippen molar-refractivity contribution in [3.63, 3.8) is 0 Å². The Balaban J connectivity index is 0.00000189. The number of hydrogen-bond donors (Lipinski definition) is 1. The van der Waals surface area contributed by atoms with E-state index in [9.17, 15) is 13.2 Å². The van der Waals surface area contributed by atoms with E-state index in [1.807, 2.05) is 51.9 Å². The molecule has 224 valence electrons. The number of hydrogen-bond acceptors (Lipinski definition) is 7. The summed E-state index contributed by atoms with van der Waals surface area (Å²) < 4.78 is 47.8. The van der Waals surface area contributed by atoms with Crippen LogP contribution in [-0.2, 0) is 19.0 Å². The summed E-state index contributed by atoms with van der Waals surface area (Å²) in [6.07, 6.45) is 2.04. The van der Waals surface area contributed by atoms with Crippen LogP contribution in [0.5, 0.6) is 5.88 Å². The van der Waals surface area contributed by atoms with Crippen LogP contribution in [0.25, 0.3) is 5.82 Å². The topological polar surface area (TPSA) is 71.3 Å². The van der Waals surface area contributed by atoms with Gasteiger partial charge >= 0.3 is 6.18 Å². The lowest BCUT2D eigenvalue weighted by molar-refractivity contribution is -0.144. The van der Waals surface area contributed by atoms with Gasteiger partial charge in [0.05, 0.1) is 0 Å². The Morgan fingerprint density at radius 3 is 2.39 bits per heavy atom. The number of alkyl halides is 3. The smallest absolute Gasteiger partial charge is 0.453 e. The number of halogens is 3. The summed E-state index contributed by atoms with van der Waals surface area (Å²) in [6, 6.07) is 10.0. The fourth-order valence-electron chi connectivity index (χ4n) is 5.38. The van der Waals surface area contributed by atoms with Crippen molar-refractivity contribution in [1.29, 1.82) is 0 Å². The molecule has 1 saturated heterocycles. The van der Waals surface area contributed by atoms with Gasteiger partial charge in [0.15, 0.2) is 5.82 Å². The number of aryl methyl sites for hydroxylation is 3. The van der Waals surface area contributed by atoms with Crippen molar-refractivity contribution in [3.8, 4) is 11.7 Å². The van der Waals surface area contributed by atoms with Gasteiger partial charge in [-0.2, -0.15) is 27.8 Å². The van der Waals surface area contributed by atoms with Crippen LogP contribution in [0.15, 0.2) is 30.3 Å². The van der Waals surface area contributed by atoms with Gasteiger partial charge in [0.1, 0.15) is 6.61 Å². The van der Waals surface area contributed by atoms with Crippen molar-refractivity contribution < 1.29 is 17.9 Å². The molecule has 11 heteroatoms. The fourth-order valence-corrected chi connectivity index (χ4v) is 5.38. The predicted octanol–water partition coefficient (Wildman–Crippen LogP) is 6.04. The fraction of sp³-hybridized carbons (Fsp3) is 0.567. The molecule has 0 saturated carbocycles. The minimum absolute atomic E-state index is 0.0526. The highest BCUT2D eigenvalue weighted by Gasteiger charge is 2.37. The third-order valence-corrected chi connectivity index (χ3v) is 7.41. The number of nitrogens with zero attached hydrogens (tertiary/aromatic N) is 6. The largest absolute Gasteiger partial charge is 0.476 e. The van der Waals surface area contributed by atoms with E-state index in [1.165, 1.54) is 37.1 Å². The first kappa shape index (κ1) is 30.8. The zero-order chi connectivity index (χ0) is 29.6. The van der Waals surface area contributed by atoms with Gasteiger partial charge in [0.2, 0.25) is 11.8 Å². The number of pyridine rings is 1. The number of ether oxygens (including phenoxy) is 1. The lowest BCUT2D eigenvalue weighted by Gasteiger charge is -2.25. The number of nitrogens with one attached hydrogen (secondary N) is 1. The number of anilines is 2. The Morgan fingerprint density at radius 2 is 1.71 bits per heavy atom. The molecule has 8 nitrogen and oxygen atoms in total. The standard InChI is InChI=1S/C28H36F3N7O.C2H6/c1-19-16-24(33-25(17-19)39-15-14-36(2)3)38-27(34-26(35-38)28(29,30)31)32-22-9-6-20-7-10-23(11-8-21(20)18-22)37-12-4-5-13-37;1-2/h6,9,16-18,23H,4-5,7-8,10-15H2,1-3H3,(H,32,34,35);1-2H3. The van der Waals surface area contributed by atoms with Crippen molar-refractivity contribution in [2.45, 2.75) is 71.5 Å². The molecular formula is C30H42F3N7O. The molecule has 0 spiro atoms. The minimum atomic E-state index is -4.70. The van der Waals surface area contributed by atoms with Crippen LogP contribution < -0.4 is 10.1 Å². The summed E-state index contributed by atoms with van der Waals surface area (Å²) in [4.78, 5) is 12.8. The maximum Gasteiger partial charge on any atom is 0.453 e. The van der Waals surface area contributed by atoms with Gasteiger partial charge in [-0.05, 0) is 108 Å². The van der Waals surface area contributed by atoms with Crippen molar-refractivity contribution in [3.05, 3.63) is 52.8 Å². The average Bonchev–Trinajstić information content (AvgIpc) is 3.56. The van der Waals surface area contributed by atoms with E-state index in [-0.39, 0.29) is 11.8 Å². The van der Waals surface area contributed by atoms with Crippen molar-refractivity contribution in [1.82, 2.24) is 29.5 Å². The van der Waals surface area contributed by atoms with Gasteiger partial charge in [-0.25, -0.2) is 0 Å². The van der Waals surface area contributed by atoms with E-state index in [0.717, 1.165) is 35.9 Å². The highest BCUT2D eigenvalue weighted by molar-refractivity contribution is 5.58. The van der Waals surface area contributed by atoms with Crippen LogP contribution in [0, 0.1) is 6.92 Å². The van der Waals surface area contributed by atoms with Gasteiger partial charge in [0, 0.05) is 24.3 Å². The highest BCUT2D eigenvalue weighted by Crippen LogP contribution is 2.32. The summed E-state index contributed by atoms with van der Waals surface area (Å²) >= 11 is 0. The number of fused-ring (bicyclic) bond motifs is 1. The number of likely N-dealkylation sites (tertiary alicyclic amines) is 1. The summed E-state index contributed by atoms with van der Waals surface area (Å²) in [5.74, 6) is -0.766. The molecule has 2 aliphatic rings. The molecule has 1 aromatic carbocycles. The van der Waals surface area contributed by atoms with Gasteiger partial charge < -0.3 is 19.9 Å². The first-order valence-corrected chi connectivity index (χ1v) is 14.6. The second kappa shape index (κ2) is 13.7. The first-order valence-electron chi connectivity index (χ1n) is 14.6. The molecule has 3 aromatic rings. The second-order valence-corrected chi connectivity index (χ2v) is 10.7. The van der Waals surface area contributed by atoms with E-state index in [0.29, 0.717) is 30.8 Å². The monoisotopic (exact) mass is 573 g/mol. The van der Waals surface area contributed by atoms with Gasteiger partial charge in [-0.3, -0.25) is 0 Å². The van der Waals surface area contributed by atoms with Crippen LogP contribution in [0.2, 0.25) is 0 Å². The molecule has 0 bridgehead atoms. The van der Waals surface area contributed by atoms with Gasteiger partial charge in [-0.15, -0.1) is 5.10 Å². The second-order valence-electron chi connectivity index (χ2n) is 10.7. The van der Waals surface area contributed by atoms with Crippen molar-refractivity contribution in [2.75, 3.05) is 45.7 Å². The van der Waals surface area contributed by atoms with Crippen LogP contribution in [0.4, 0.5) is 24.8 Å². The molecule has 1 atom stereocenters. The molecule has 41 heavy (non-hydrogen) atoms. The Bertz CT molecular complexity index is 1290. The van der Waals surface area contributed by atoms with E-state index in [1.54, 1.807) is 12.1 Å². The maximum absolute atomic E-state index is 13.7. The summed E-state index contributed by atoms with van der Waals surface area (Å²) in [5, 5.41) is 6.87. The lowest BCUT2D eigenvalue weighted by atomic mass is 10.0. The molecule has 1 unspecified atom stereocenters. The predicted molar refractivity (Wildman–Crippen MR) is 155 cm³/mol. The van der Waals surface area contributed by atoms with Gasteiger partial charge in [-0.1, -0.05) is 19.9 Å². The zero-order valence-electron chi connectivity index (χ0n) is 24.8.